The molecule has 2 atom stereocenters. The molecule has 2 aromatic carbocycles. The standard InChI is InChI=1S/C18H19N5O2/c1-24-14-7-3-5-12(9-14)16-11-17(23-18(19-16)20-21-22-23)13-6-4-8-15(10-13)25-2/h3-10,16-17H,11H2,1-2H3,(H,19,20,22). The smallest absolute Gasteiger partial charge is 0.243 e. The third-order valence-corrected chi connectivity index (χ3v) is 4.53. The van der Waals surface area contributed by atoms with Crippen molar-refractivity contribution in [1.82, 2.24) is 20.2 Å². The van der Waals surface area contributed by atoms with E-state index in [2.05, 4.69) is 33.0 Å². The van der Waals surface area contributed by atoms with E-state index in [0.29, 0.717) is 5.95 Å². The van der Waals surface area contributed by atoms with Gasteiger partial charge < -0.3 is 14.8 Å². The minimum absolute atomic E-state index is 0.0255. The first-order valence-corrected chi connectivity index (χ1v) is 8.11. The lowest BCUT2D eigenvalue weighted by atomic mass is 9.93. The number of tetrazole rings is 1. The van der Waals surface area contributed by atoms with Crippen molar-refractivity contribution in [3.63, 3.8) is 0 Å². The van der Waals surface area contributed by atoms with Crippen LogP contribution in [0, 0.1) is 0 Å². The quantitative estimate of drug-likeness (QED) is 0.789. The summed E-state index contributed by atoms with van der Waals surface area (Å²) in [6, 6.07) is 16.2. The van der Waals surface area contributed by atoms with Crippen molar-refractivity contribution >= 4 is 5.95 Å². The van der Waals surface area contributed by atoms with Crippen molar-refractivity contribution in [1.29, 1.82) is 0 Å². The Balaban J connectivity index is 1.72. The number of anilines is 1. The number of benzene rings is 2. The summed E-state index contributed by atoms with van der Waals surface area (Å²) >= 11 is 0. The summed E-state index contributed by atoms with van der Waals surface area (Å²) in [7, 11) is 3.34. The molecule has 4 rings (SSSR count). The van der Waals surface area contributed by atoms with E-state index in [0.717, 1.165) is 29.0 Å². The van der Waals surface area contributed by atoms with Gasteiger partial charge in [-0.25, -0.2) is 4.68 Å². The van der Waals surface area contributed by atoms with Crippen molar-refractivity contribution in [3.8, 4) is 11.5 Å². The average Bonchev–Trinajstić information content (AvgIpc) is 3.16. The highest BCUT2D eigenvalue weighted by Crippen LogP contribution is 2.38. The number of nitrogens with one attached hydrogen (secondary N) is 1. The molecule has 128 valence electrons. The fraction of sp³-hybridized carbons (Fsp3) is 0.278. The fourth-order valence-electron chi connectivity index (χ4n) is 3.24. The van der Waals surface area contributed by atoms with Crippen LogP contribution in [0.1, 0.15) is 29.6 Å². The van der Waals surface area contributed by atoms with Crippen LogP contribution in [0.25, 0.3) is 0 Å². The summed E-state index contributed by atoms with van der Waals surface area (Å²) in [5, 5.41) is 15.5. The topological polar surface area (TPSA) is 74.1 Å². The average molecular weight is 337 g/mol. The zero-order valence-electron chi connectivity index (χ0n) is 14.1. The van der Waals surface area contributed by atoms with Gasteiger partial charge in [0.05, 0.1) is 26.3 Å². The van der Waals surface area contributed by atoms with E-state index < -0.39 is 0 Å². The SMILES string of the molecule is COc1cccc(C2CC(c3cccc(OC)c3)n3nnnc3N2)c1. The van der Waals surface area contributed by atoms with E-state index in [-0.39, 0.29) is 12.1 Å². The van der Waals surface area contributed by atoms with Gasteiger partial charge >= 0.3 is 0 Å². The minimum atomic E-state index is 0.0255. The van der Waals surface area contributed by atoms with Crippen LogP contribution in [-0.2, 0) is 0 Å². The second-order valence-electron chi connectivity index (χ2n) is 5.95. The second-order valence-corrected chi connectivity index (χ2v) is 5.95. The molecule has 0 spiro atoms. The van der Waals surface area contributed by atoms with Gasteiger partial charge in [-0.3, -0.25) is 0 Å². The summed E-state index contributed by atoms with van der Waals surface area (Å²) in [5.41, 5.74) is 2.25. The molecule has 1 aliphatic rings. The van der Waals surface area contributed by atoms with Crippen LogP contribution < -0.4 is 14.8 Å². The molecule has 7 nitrogen and oxygen atoms in total. The summed E-state index contributed by atoms with van der Waals surface area (Å²) in [4.78, 5) is 0. The number of methoxy groups -OCH3 is 2. The second kappa shape index (κ2) is 6.43. The maximum absolute atomic E-state index is 5.36. The highest BCUT2D eigenvalue weighted by molar-refractivity contribution is 5.41. The molecule has 0 amide bonds. The first-order valence-electron chi connectivity index (χ1n) is 8.11. The monoisotopic (exact) mass is 337 g/mol. The molecule has 3 aromatic rings. The summed E-state index contributed by atoms with van der Waals surface area (Å²) in [5.74, 6) is 2.32. The van der Waals surface area contributed by atoms with Crippen LogP contribution in [0.15, 0.2) is 48.5 Å². The van der Waals surface area contributed by atoms with Gasteiger partial charge in [0.25, 0.3) is 0 Å². The van der Waals surface area contributed by atoms with Gasteiger partial charge in [0.1, 0.15) is 11.5 Å². The van der Waals surface area contributed by atoms with Crippen LogP contribution >= 0.6 is 0 Å². The van der Waals surface area contributed by atoms with Crippen LogP contribution in [0.3, 0.4) is 0 Å². The zero-order valence-corrected chi connectivity index (χ0v) is 14.1. The molecular formula is C18H19N5O2. The van der Waals surface area contributed by atoms with E-state index in [1.807, 2.05) is 41.1 Å². The molecule has 0 saturated carbocycles. The van der Waals surface area contributed by atoms with Crippen LogP contribution in [0.4, 0.5) is 5.95 Å². The Labute approximate surface area is 145 Å². The third kappa shape index (κ3) is 2.88. The van der Waals surface area contributed by atoms with Gasteiger partial charge in [-0.15, -0.1) is 0 Å². The predicted molar refractivity (Wildman–Crippen MR) is 92.9 cm³/mol. The normalized spacial score (nSPS) is 19.0. The summed E-state index contributed by atoms with van der Waals surface area (Å²) in [6.45, 7) is 0. The molecule has 1 N–H and O–H groups in total. The largest absolute Gasteiger partial charge is 0.497 e. The Bertz CT molecular complexity index is 879. The highest BCUT2D eigenvalue weighted by atomic mass is 16.5. The molecule has 7 heteroatoms. The van der Waals surface area contributed by atoms with E-state index in [1.165, 1.54) is 0 Å². The first kappa shape index (κ1) is 15.4. The molecule has 0 fully saturated rings. The lowest BCUT2D eigenvalue weighted by Crippen LogP contribution is -2.28. The number of aromatic nitrogens is 4. The Morgan fingerprint density at radius 1 is 1.00 bits per heavy atom. The third-order valence-electron chi connectivity index (χ3n) is 4.53. The lowest BCUT2D eigenvalue weighted by molar-refractivity contribution is 0.402. The molecule has 1 aromatic heterocycles. The van der Waals surface area contributed by atoms with Gasteiger partial charge in [-0.2, -0.15) is 0 Å². The van der Waals surface area contributed by atoms with E-state index in [9.17, 15) is 0 Å². The molecule has 1 aliphatic heterocycles. The van der Waals surface area contributed by atoms with E-state index >= 15 is 0 Å². The van der Waals surface area contributed by atoms with Gasteiger partial charge in [0, 0.05) is 0 Å². The number of rotatable bonds is 4. The Kier molecular flexibility index (Phi) is 3.97. The first-order chi connectivity index (χ1) is 12.3. The molecule has 25 heavy (non-hydrogen) atoms. The number of nitrogens with zero attached hydrogens (tertiary/aromatic N) is 4. The molecule has 2 heterocycles. The maximum Gasteiger partial charge on any atom is 0.243 e. The van der Waals surface area contributed by atoms with Gasteiger partial charge in [0.15, 0.2) is 0 Å². The van der Waals surface area contributed by atoms with Crippen LogP contribution in [0.2, 0.25) is 0 Å². The van der Waals surface area contributed by atoms with E-state index in [1.54, 1.807) is 14.2 Å². The van der Waals surface area contributed by atoms with Crippen molar-refractivity contribution < 1.29 is 9.47 Å². The zero-order chi connectivity index (χ0) is 17.2. The number of ether oxygens (including phenoxy) is 2. The number of fused-ring (bicyclic) bond motifs is 1. The molecular weight excluding hydrogens is 318 g/mol. The van der Waals surface area contributed by atoms with Gasteiger partial charge in [0.2, 0.25) is 5.95 Å². The Morgan fingerprint density at radius 3 is 2.40 bits per heavy atom. The molecule has 0 saturated heterocycles. The molecule has 0 bridgehead atoms. The minimum Gasteiger partial charge on any atom is -0.497 e. The van der Waals surface area contributed by atoms with Gasteiger partial charge in [-0.1, -0.05) is 29.4 Å². The Hall–Kier alpha value is -3.09. The van der Waals surface area contributed by atoms with Crippen LogP contribution in [-0.4, -0.2) is 34.4 Å². The Morgan fingerprint density at radius 2 is 1.68 bits per heavy atom. The fourth-order valence-corrected chi connectivity index (χ4v) is 3.24. The lowest BCUT2D eigenvalue weighted by Gasteiger charge is -2.31. The maximum atomic E-state index is 5.36. The van der Waals surface area contributed by atoms with Crippen molar-refractivity contribution in [2.75, 3.05) is 19.5 Å². The summed E-state index contributed by atoms with van der Waals surface area (Å²) in [6.07, 6.45) is 0.818. The van der Waals surface area contributed by atoms with Gasteiger partial charge in [-0.05, 0) is 52.2 Å². The van der Waals surface area contributed by atoms with Crippen molar-refractivity contribution in [2.45, 2.75) is 18.5 Å². The number of hydrogen-bond donors (Lipinski definition) is 1. The number of hydrogen-bond acceptors (Lipinski definition) is 6. The van der Waals surface area contributed by atoms with E-state index in [4.69, 9.17) is 9.47 Å². The summed E-state index contributed by atoms with van der Waals surface area (Å²) < 4.78 is 12.5. The van der Waals surface area contributed by atoms with Crippen molar-refractivity contribution in [3.05, 3.63) is 59.7 Å². The molecule has 0 aliphatic carbocycles. The predicted octanol–water partition coefficient (Wildman–Crippen LogP) is 2.84. The van der Waals surface area contributed by atoms with Crippen LogP contribution in [0.5, 0.6) is 11.5 Å². The molecule has 0 radical (unpaired) electrons. The highest BCUT2D eigenvalue weighted by Gasteiger charge is 2.31. The van der Waals surface area contributed by atoms with Crippen molar-refractivity contribution in [2.24, 2.45) is 0 Å². The molecule has 2 unspecified atom stereocenters.